The fourth-order valence-electron chi connectivity index (χ4n) is 3.41. The van der Waals surface area contributed by atoms with Crippen LogP contribution in [0.2, 0.25) is 0 Å². The summed E-state index contributed by atoms with van der Waals surface area (Å²) >= 11 is 0. The van der Waals surface area contributed by atoms with Gasteiger partial charge in [-0.25, -0.2) is 4.68 Å². The predicted octanol–water partition coefficient (Wildman–Crippen LogP) is 2.29. The van der Waals surface area contributed by atoms with Crippen molar-refractivity contribution in [1.82, 2.24) is 20.0 Å². The van der Waals surface area contributed by atoms with Gasteiger partial charge < -0.3 is 10.2 Å². The maximum absolute atomic E-state index is 12.2. The third kappa shape index (κ3) is 6.03. The van der Waals surface area contributed by atoms with E-state index in [-0.39, 0.29) is 18.0 Å². The Kier molecular flexibility index (Phi) is 7.16. The van der Waals surface area contributed by atoms with Gasteiger partial charge in [-0.3, -0.25) is 9.59 Å². The lowest BCUT2D eigenvalue weighted by molar-refractivity contribution is -0.121. The molecule has 6 nitrogen and oxygen atoms in total. The molecule has 1 aliphatic rings. The number of carbonyl (C=O) groups excluding carboxylic acids is 1. The molecule has 1 saturated heterocycles. The van der Waals surface area contributed by atoms with E-state index in [1.165, 1.54) is 49.5 Å². The number of rotatable bonds is 7. The van der Waals surface area contributed by atoms with E-state index in [1.807, 2.05) is 30.3 Å². The van der Waals surface area contributed by atoms with Crippen molar-refractivity contribution in [2.75, 3.05) is 26.2 Å². The fourth-order valence-corrected chi connectivity index (χ4v) is 3.41. The number of hydrogen-bond acceptors (Lipinski definition) is 4. The first-order valence-electron chi connectivity index (χ1n) is 9.85. The van der Waals surface area contributed by atoms with Gasteiger partial charge in [0.15, 0.2) is 0 Å². The van der Waals surface area contributed by atoms with Crippen molar-refractivity contribution in [3.63, 3.8) is 0 Å². The van der Waals surface area contributed by atoms with E-state index in [0.29, 0.717) is 12.2 Å². The van der Waals surface area contributed by atoms with Crippen LogP contribution in [0, 0.1) is 0 Å². The van der Waals surface area contributed by atoms with Crippen molar-refractivity contribution < 1.29 is 4.79 Å². The van der Waals surface area contributed by atoms with Crippen molar-refractivity contribution in [2.24, 2.45) is 0 Å². The zero-order chi connectivity index (χ0) is 18.9. The molecule has 1 aliphatic heterocycles. The molecule has 27 heavy (non-hydrogen) atoms. The van der Waals surface area contributed by atoms with Crippen LogP contribution in [0.5, 0.6) is 0 Å². The third-order valence-electron chi connectivity index (χ3n) is 4.90. The van der Waals surface area contributed by atoms with Gasteiger partial charge in [-0.1, -0.05) is 43.2 Å². The van der Waals surface area contributed by atoms with E-state index in [2.05, 4.69) is 15.3 Å². The second-order valence-electron chi connectivity index (χ2n) is 7.04. The number of carbonyl (C=O) groups is 1. The number of nitrogens with one attached hydrogen (secondary N) is 1. The molecule has 1 amide bonds. The van der Waals surface area contributed by atoms with Crippen molar-refractivity contribution in [3.05, 3.63) is 52.8 Å². The largest absolute Gasteiger partial charge is 0.354 e. The highest BCUT2D eigenvalue weighted by Crippen LogP contribution is 2.14. The summed E-state index contributed by atoms with van der Waals surface area (Å²) in [5, 5.41) is 7.24. The smallest absolute Gasteiger partial charge is 0.267 e. The first kappa shape index (κ1) is 19.3. The van der Waals surface area contributed by atoms with E-state index in [9.17, 15) is 9.59 Å². The van der Waals surface area contributed by atoms with Gasteiger partial charge in [0.25, 0.3) is 5.56 Å². The Bertz CT molecular complexity index is 780. The van der Waals surface area contributed by atoms with Gasteiger partial charge in [0.2, 0.25) is 5.91 Å². The van der Waals surface area contributed by atoms with Crippen molar-refractivity contribution >= 4 is 5.91 Å². The second-order valence-corrected chi connectivity index (χ2v) is 7.04. The molecule has 0 saturated carbocycles. The topological polar surface area (TPSA) is 67.2 Å². The molecule has 0 aliphatic carbocycles. The predicted molar refractivity (Wildman–Crippen MR) is 106 cm³/mol. The molecule has 1 fully saturated rings. The SMILES string of the molecule is O=C(Cn1nc(-c2ccccc2)ccc1=O)NCCCN1CCCCCC1. The molecule has 0 spiro atoms. The van der Waals surface area contributed by atoms with Gasteiger partial charge in [0, 0.05) is 18.2 Å². The number of likely N-dealkylation sites (tertiary alicyclic amines) is 1. The molecular formula is C21H28N4O2. The lowest BCUT2D eigenvalue weighted by Crippen LogP contribution is -2.35. The minimum Gasteiger partial charge on any atom is -0.354 e. The first-order chi connectivity index (χ1) is 13.2. The fraction of sp³-hybridized carbons (Fsp3) is 0.476. The zero-order valence-electron chi connectivity index (χ0n) is 15.8. The Labute approximate surface area is 160 Å². The highest BCUT2D eigenvalue weighted by Gasteiger charge is 2.10. The Hall–Kier alpha value is -2.47. The molecule has 144 valence electrons. The van der Waals surface area contributed by atoms with E-state index in [4.69, 9.17) is 0 Å². The highest BCUT2D eigenvalue weighted by atomic mass is 16.2. The highest BCUT2D eigenvalue weighted by molar-refractivity contribution is 5.75. The molecule has 1 aromatic heterocycles. The molecule has 3 rings (SSSR count). The van der Waals surface area contributed by atoms with Gasteiger partial charge >= 0.3 is 0 Å². The summed E-state index contributed by atoms with van der Waals surface area (Å²) in [6, 6.07) is 12.8. The van der Waals surface area contributed by atoms with Crippen molar-refractivity contribution in [3.8, 4) is 11.3 Å². The van der Waals surface area contributed by atoms with Gasteiger partial charge in [0.1, 0.15) is 6.54 Å². The second kappa shape index (κ2) is 10.0. The molecule has 0 radical (unpaired) electrons. The molecule has 1 N–H and O–H groups in total. The summed E-state index contributed by atoms with van der Waals surface area (Å²) in [6.45, 7) is 3.92. The number of benzene rings is 1. The number of hydrogen-bond donors (Lipinski definition) is 1. The maximum atomic E-state index is 12.2. The van der Waals surface area contributed by atoms with Crippen LogP contribution in [0.15, 0.2) is 47.3 Å². The van der Waals surface area contributed by atoms with Crippen LogP contribution in [0.25, 0.3) is 11.3 Å². The molecule has 2 heterocycles. The molecule has 2 aromatic rings. The van der Waals surface area contributed by atoms with Gasteiger partial charge in [-0.2, -0.15) is 5.10 Å². The van der Waals surface area contributed by atoms with Gasteiger partial charge in [-0.05, 0) is 45.0 Å². The number of aromatic nitrogens is 2. The average Bonchev–Trinajstić information content (AvgIpc) is 2.96. The number of amides is 1. The van der Waals surface area contributed by atoms with Crippen molar-refractivity contribution in [2.45, 2.75) is 38.6 Å². The monoisotopic (exact) mass is 368 g/mol. The quantitative estimate of drug-likeness (QED) is 0.762. The van der Waals surface area contributed by atoms with E-state index < -0.39 is 0 Å². The molecule has 6 heteroatoms. The van der Waals surface area contributed by atoms with Crippen LogP contribution in [0.3, 0.4) is 0 Å². The Morgan fingerprint density at radius 2 is 1.74 bits per heavy atom. The molecule has 0 atom stereocenters. The normalized spacial score (nSPS) is 15.3. The lowest BCUT2D eigenvalue weighted by atomic mass is 10.1. The summed E-state index contributed by atoms with van der Waals surface area (Å²) in [5.41, 5.74) is 1.34. The summed E-state index contributed by atoms with van der Waals surface area (Å²) in [4.78, 5) is 26.7. The minimum atomic E-state index is -0.269. The summed E-state index contributed by atoms with van der Waals surface area (Å²) in [5.74, 6) is -0.175. The Balaban J connectivity index is 1.48. The standard InChI is InChI=1S/C21H28N4O2/c26-20(22-13-8-16-24-14-6-1-2-7-15-24)17-25-21(27)12-11-19(23-25)18-9-4-3-5-10-18/h3-5,9-12H,1-2,6-8,13-17H2,(H,22,26). The minimum absolute atomic E-state index is 0.0524. The summed E-state index contributed by atoms with van der Waals surface area (Å²) in [6.07, 6.45) is 6.14. The average molecular weight is 368 g/mol. The molecule has 0 bridgehead atoms. The Morgan fingerprint density at radius 1 is 1.00 bits per heavy atom. The van der Waals surface area contributed by atoms with E-state index in [0.717, 1.165) is 18.5 Å². The van der Waals surface area contributed by atoms with Crippen LogP contribution in [0.4, 0.5) is 0 Å². The van der Waals surface area contributed by atoms with Gasteiger partial charge in [-0.15, -0.1) is 0 Å². The van der Waals surface area contributed by atoms with Crippen LogP contribution in [0.1, 0.15) is 32.1 Å². The van der Waals surface area contributed by atoms with Crippen LogP contribution in [-0.2, 0) is 11.3 Å². The first-order valence-corrected chi connectivity index (χ1v) is 9.85. The van der Waals surface area contributed by atoms with E-state index in [1.54, 1.807) is 6.07 Å². The van der Waals surface area contributed by atoms with Crippen LogP contribution in [-0.4, -0.2) is 46.8 Å². The van der Waals surface area contributed by atoms with Crippen LogP contribution >= 0.6 is 0 Å². The molecule has 0 unspecified atom stereocenters. The number of nitrogens with zero attached hydrogens (tertiary/aromatic N) is 3. The van der Waals surface area contributed by atoms with Crippen molar-refractivity contribution in [1.29, 1.82) is 0 Å². The lowest BCUT2D eigenvalue weighted by Gasteiger charge is -2.19. The van der Waals surface area contributed by atoms with E-state index >= 15 is 0 Å². The molecular weight excluding hydrogens is 340 g/mol. The zero-order valence-corrected chi connectivity index (χ0v) is 15.8. The van der Waals surface area contributed by atoms with Gasteiger partial charge in [0.05, 0.1) is 5.69 Å². The summed E-state index contributed by atoms with van der Waals surface area (Å²) < 4.78 is 1.23. The Morgan fingerprint density at radius 3 is 2.48 bits per heavy atom. The molecule has 1 aromatic carbocycles. The third-order valence-corrected chi connectivity index (χ3v) is 4.90. The van der Waals surface area contributed by atoms with Crippen LogP contribution < -0.4 is 10.9 Å². The maximum Gasteiger partial charge on any atom is 0.267 e. The summed E-state index contributed by atoms with van der Waals surface area (Å²) in [7, 11) is 0.